The number of aryl methyl sites for hydroxylation is 1. The van der Waals surface area contributed by atoms with Crippen LogP contribution in [0.1, 0.15) is 16.8 Å². The van der Waals surface area contributed by atoms with Crippen LogP contribution in [0.25, 0.3) is 31.6 Å². The quantitative estimate of drug-likeness (QED) is 0.202. The van der Waals surface area contributed by atoms with Crippen molar-refractivity contribution in [3.63, 3.8) is 0 Å². The zero-order chi connectivity index (χ0) is 30.0. The number of rotatable bonds is 12. The van der Waals surface area contributed by atoms with Gasteiger partial charge >= 0.3 is 0 Å². The standard InChI is InChI=1S/C32H33FN8O2S/c1-43-14-12-39(11-13-42)9-10-40-28-8-6-25-29-31(34-20-35-32(29)44-30(25)26(28)18-37-40)38-24-5-7-27-22(16-24)17-36-41(27)19-21-3-2-4-23(33)15-21/h2-5,7,15-18,20,42H,6,8-14,19H2,1H3,(H,34,35,38). The van der Waals surface area contributed by atoms with Crippen LogP contribution in [0.15, 0.2) is 61.2 Å². The first kappa shape index (κ1) is 28.5. The highest BCUT2D eigenvalue weighted by molar-refractivity contribution is 7.22. The number of anilines is 2. The molecule has 0 spiro atoms. The zero-order valence-electron chi connectivity index (χ0n) is 24.4. The SMILES string of the molecule is COCCN(CCO)CCn1ncc2c1CCc1c-2sc2ncnc(Nc3ccc4c(cnn4Cc4cccc(F)c4)c3)c12. The third-order valence-electron chi connectivity index (χ3n) is 8.17. The second-order valence-corrected chi connectivity index (χ2v) is 11.9. The van der Waals surface area contributed by atoms with Gasteiger partial charge in [-0.25, -0.2) is 14.4 Å². The van der Waals surface area contributed by atoms with E-state index >= 15 is 0 Å². The number of nitrogens with one attached hydrogen (secondary N) is 1. The van der Waals surface area contributed by atoms with Crippen molar-refractivity contribution in [2.24, 2.45) is 0 Å². The first-order valence-corrected chi connectivity index (χ1v) is 15.5. The second kappa shape index (κ2) is 12.4. The maximum Gasteiger partial charge on any atom is 0.142 e. The molecule has 1 aliphatic carbocycles. The number of hydrogen-bond acceptors (Lipinski definition) is 9. The van der Waals surface area contributed by atoms with E-state index in [0.717, 1.165) is 76.2 Å². The normalized spacial score (nSPS) is 12.7. The molecule has 2 aromatic carbocycles. The Balaban J connectivity index is 1.13. The van der Waals surface area contributed by atoms with Crippen LogP contribution in [0.4, 0.5) is 15.9 Å². The molecule has 44 heavy (non-hydrogen) atoms. The Labute approximate surface area is 257 Å². The van der Waals surface area contributed by atoms with Crippen molar-refractivity contribution in [1.82, 2.24) is 34.4 Å². The topological polar surface area (TPSA) is 106 Å². The minimum atomic E-state index is -0.249. The number of halogens is 1. The molecule has 226 valence electrons. The van der Waals surface area contributed by atoms with E-state index < -0.39 is 0 Å². The van der Waals surface area contributed by atoms with Crippen LogP contribution in [-0.4, -0.2) is 79.5 Å². The Hall–Kier alpha value is -4.23. The van der Waals surface area contributed by atoms with Gasteiger partial charge in [0, 0.05) is 54.0 Å². The highest BCUT2D eigenvalue weighted by Gasteiger charge is 2.27. The van der Waals surface area contributed by atoms with E-state index in [1.807, 2.05) is 35.3 Å². The molecular formula is C32H33FN8O2S. The largest absolute Gasteiger partial charge is 0.395 e. The van der Waals surface area contributed by atoms with Crippen molar-refractivity contribution >= 4 is 44.0 Å². The average molecular weight is 613 g/mol. The highest BCUT2D eigenvalue weighted by Crippen LogP contribution is 2.45. The first-order valence-electron chi connectivity index (χ1n) is 14.7. The Morgan fingerprint density at radius 2 is 1.95 bits per heavy atom. The molecular weight excluding hydrogens is 579 g/mol. The Bertz CT molecular complexity index is 1930. The molecule has 7 rings (SSSR count). The predicted octanol–water partition coefficient (Wildman–Crippen LogP) is 4.87. The fourth-order valence-corrected chi connectivity index (χ4v) is 7.23. The number of ether oxygens (including phenoxy) is 1. The van der Waals surface area contributed by atoms with Crippen LogP contribution in [0, 0.1) is 5.82 Å². The van der Waals surface area contributed by atoms with E-state index in [-0.39, 0.29) is 12.4 Å². The molecule has 0 amide bonds. The third kappa shape index (κ3) is 5.57. The second-order valence-electron chi connectivity index (χ2n) is 10.9. The smallest absolute Gasteiger partial charge is 0.142 e. The summed E-state index contributed by atoms with van der Waals surface area (Å²) in [5, 5.41) is 24.3. The van der Waals surface area contributed by atoms with Gasteiger partial charge in [-0.3, -0.25) is 14.3 Å². The number of methoxy groups -OCH3 is 1. The maximum atomic E-state index is 13.7. The summed E-state index contributed by atoms with van der Waals surface area (Å²) in [7, 11) is 1.70. The van der Waals surface area contributed by atoms with Crippen molar-refractivity contribution in [3.8, 4) is 10.4 Å². The van der Waals surface area contributed by atoms with Gasteiger partial charge in [-0.2, -0.15) is 10.2 Å². The van der Waals surface area contributed by atoms with E-state index in [4.69, 9.17) is 9.84 Å². The maximum absolute atomic E-state index is 13.7. The molecule has 0 saturated carbocycles. The Morgan fingerprint density at radius 1 is 1.05 bits per heavy atom. The van der Waals surface area contributed by atoms with Crippen molar-refractivity contribution < 1.29 is 14.2 Å². The zero-order valence-corrected chi connectivity index (χ0v) is 25.2. The summed E-state index contributed by atoms with van der Waals surface area (Å²) in [6.45, 7) is 4.20. The van der Waals surface area contributed by atoms with Gasteiger partial charge in [0.15, 0.2) is 0 Å². The molecule has 4 heterocycles. The minimum absolute atomic E-state index is 0.123. The van der Waals surface area contributed by atoms with Crippen molar-refractivity contribution in [2.75, 3.05) is 45.3 Å². The number of aliphatic hydroxyl groups excluding tert-OH is 1. The molecule has 0 saturated heterocycles. The van der Waals surface area contributed by atoms with E-state index in [1.165, 1.54) is 28.3 Å². The lowest BCUT2D eigenvalue weighted by atomic mass is 9.95. The summed E-state index contributed by atoms with van der Waals surface area (Å²) in [6, 6.07) is 12.7. The number of aliphatic hydroxyl groups is 1. The van der Waals surface area contributed by atoms with Crippen LogP contribution >= 0.6 is 11.3 Å². The molecule has 1 aliphatic rings. The van der Waals surface area contributed by atoms with Crippen LogP contribution in [-0.2, 0) is 30.7 Å². The fourth-order valence-electron chi connectivity index (χ4n) is 6.01. The number of fused-ring (bicyclic) bond motifs is 6. The lowest BCUT2D eigenvalue weighted by Crippen LogP contribution is -2.33. The molecule has 12 heteroatoms. The minimum Gasteiger partial charge on any atom is -0.395 e. The first-order chi connectivity index (χ1) is 21.6. The molecule has 0 atom stereocenters. The summed E-state index contributed by atoms with van der Waals surface area (Å²) in [4.78, 5) is 13.6. The monoisotopic (exact) mass is 612 g/mol. The molecule has 2 N–H and O–H groups in total. The lowest BCUT2D eigenvalue weighted by molar-refractivity contribution is 0.127. The van der Waals surface area contributed by atoms with Crippen molar-refractivity contribution in [2.45, 2.75) is 25.9 Å². The van der Waals surface area contributed by atoms with Crippen molar-refractivity contribution in [3.05, 3.63) is 83.8 Å². The molecule has 0 radical (unpaired) electrons. The summed E-state index contributed by atoms with van der Waals surface area (Å²) in [6.07, 6.45) is 7.19. The summed E-state index contributed by atoms with van der Waals surface area (Å²) >= 11 is 1.69. The van der Waals surface area contributed by atoms with Crippen LogP contribution in [0.5, 0.6) is 0 Å². The van der Waals surface area contributed by atoms with Crippen LogP contribution < -0.4 is 5.32 Å². The van der Waals surface area contributed by atoms with Crippen molar-refractivity contribution in [1.29, 1.82) is 0 Å². The molecule has 6 aromatic rings. The van der Waals surface area contributed by atoms with Gasteiger partial charge in [0.25, 0.3) is 0 Å². The summed E-state index contributed by atoms with van der Waals surface area (Å²) in [5.74, 6) is 0.536. The predicted molar refractivity (Wildman–Crippen MR) is 170 cm³/mol. The van der Waals surface area contributed by atoms with Gasteiger partial charge in [0.05, 0.1) is 49.6 Å². The van der Waals surface area contributed by atoms with E-state index in [2.05, 4.69) is 36.0 Å². The Kier molecular flexibility index (Phi) is 8.05. The summed E-state index contributed by atoms with van der Waals surface area (Å²) in [5.41, 5.74) is 6.41. The highest BCUT2D eigenvalue weighted by atomic mass is 32.1. The number of nitrogens with zero attached hydrogens (tertiary/aromatic N) is 7. The van der Waals surface area contributed by atoms with Gasteiger partial charge in [0.2, 0.25) is 0 Å². The van der Waals surface area contributed by atoms with Gasteiger partial charge in [-0.1, -0.05) is 12.1 Å². The van der Waals surface area contributed by atoms with Gasteiger partial charge in [0.1, 0.15) is 22.8 Å². The average Bonchev–Trinajstić information content (AvgIpc) is 3.74. The Morgan fingerprint density at radius 3 is 2.82 bits per heavy atom. The lowest BCUT2D eigenvalue weighted by Gasteiger charge is -2.22. The van der Waals surface area contributed by atoms with E-state index in [0.29, 0.717) is 19.7 Å². The van der Waals surface area contributed by atoms with Gasteiger partial charge < -0.3 is 15.2 Å². The molecule has 0 unspecified atom stereocenters. The van der Waals surface area contributed by atoms with Crippen LogP contribution in [0.2, 0.25) is 0 Å². The molecule has 0 aliphatic heterocycles. The third-order valence-corrected chi connectivity index (χ3v) is 9.35. The number of thiophene rings is 1. The summed E-state index contributed by atoms with van der Waals surface area (Å²) < 4.78 is 22.9. The number of hydrogen-bond donors (Lipinski definition) is 2. The van der Waals surface area contributed by atoms with Crippen LogP contribution in [0.3, 0.4) is 0 Å². The van der Waals surface area contributed by atoms with E-state index in [1.54, 1.807) is 30.8 Å². The molecule has 0 bridgehead atoms. The van der Waals surface area contributed by atoms with Gasteiger partial charge in [-0.15, -0.1) is 11.3 Å². The number of benzene rings is 2. The van der Waals surface area contributed by atoms with Gasteiger partial charge in [-0.05, 0) is 54.3 Å². The molecule has 0 fully saturated rings. The fraction of sp³-hybridized carbons (Fsp3) is 0.312. The molecule has 4 aromatic heterocycles. The van der Waals surface area contributed by atoms with E-state index in [9.17, 15) is 9.50 Å². The molecule has 10 nitrogen and oxygen atoms in total. The number of aromatic nitrogens is 6.